The van der Waals surface area contributed by atoms with E-state index in [0.717, 1.165) is 21.5 Å². The number of fused-ring (bicyclic) bond motifs is 1. The molecule has 0 aromatic heterocycles. The first kappa shape index (κ1) is 37.5. The second kappa shape index (κ2) is 15.0. The zero-order valence-corrected chi connectivity index (χ0v) is 33.0. The summed E-state index contributed by atoms with van der Waals surface area (Å²) in [5.41, 5.74) is 1.97. The molecule has 1 amide bonds. The first-order valence-electron chi connectivity index (χ1n) is 18.2. The van der Waals surface area contributed by atoms with Crippen molar-refractivity contribution in [1.29, 1.82) is 0 Å². The molecule has 1 heterocycles. The van der Waals surface area contributed by atoms with E-state index in [1.54, 1.807) is 4.90 Å². The molecule has 8 heteroatoms. The average molecular weight is 732 g/mol. The van der Waals surface area contributed by atoms with E-state index in [1.807, 2.05) is 122 Å². The minimum atomic E-state index is -3.15. The summed E-state index contributed by atoms with van der Waals surface area (Å²) in [4.78, 5) is 46.6. The topological polar surface area (TPSA) is 72.9 Å². The van der Waals surface area contributed by atoms with Crippen LogP contribution in [0.5, 0.6) is 0 Å². The zero-order valence-electron chi connectivity index (χ0n) is 31.1. The van der Waals surface area contributed by atoms with Gasteiger partial charge in [-0.15, -0.1) is 0 Å². The van der Waals surface area contributed by atoms with Gasteiger partial charge in [0.05, 0.1) is 18.1 Å². The Labute approximate surface area is 310 Å². The maximum Gasteiger partial charge on any atom is 0.356 e. The van der Waals surface area contributed by atoms with Gasteiger partial charge in [0.15, 0.2) is 14.1 Å². The van der Waals surface area contributed by atoms with Crippen LogP contribution in [-0.4, -0.2) is 55.0 Å². The van der Waals surface area contributed by atoms with Gasteiger partial charge in [-0.05, 0) is 59.4 Å². The van der Waals surface area contributed by atoms with Crippen molar-refractivity contribution >= 4 is 54.2 Å². The molecule has 4 aromatic rings. The number of benzene rings is 4. The Bertz CT molecular complexity index is 1900. The normalized spacial score (nSPS) is 19.7. The van der Waals surface area contributed by atoms with Crippen LogP contribution in [0.25, 0.3) is 0 Å². The van der Waals surface area contributed by atoms with E-state index in [1.165, 1.54) is 6.08 Å². The van der Waals surface area contributed by atoms with E-state index in [4.69, 9.17) is 9.16 Å². The summed E-state index contributed by atoms with van der Waals surface area (Å²) in [6.07, 6.45) is 2.30. The molecule has 6 rings (SSSR count). The number of aryl methyl sites for hydroxylation is 1. The van der Waals surface area contributed by atoms with Gasteiger partial charge in [-0.25, -0.2) is 4.79 Å². The number of amides is 1. The lowest BCUT2D eigenvalue weighted by Gasteiger charge is -2.55. The maximum atomic E-state index is 15.2. The summed E-state index contributed by atoms with van der Waals surface area (Å²) < 4.78 is 12.9. The minimum absolute atomic E-state index is 0.00393. The van der Waals surface area contributed by atoms with Gasteiger partial charge in [0, 0.05) is 18.4 Å². The SMILES string of the molecule is C=CCOC(=O)C(N1C(=O)[C@H]([C@@H](C)O[Si](C)(C)C(C)(C)C)[C@H]1[C@H]1CCc2ccccc2C1=O)=P(c1ccccc1)(c1ccccc1)c1ccccc1. The van der Waals surface area contributed by atoms with Gasteiger partial charge in [0.1, 0.15) is 12.0 Å². The summed E-state index contributed by atoms with van der Waals surface area (Å²) in [6, 6.07) is 37.0. The Morgan fingerprint density at radius 1 is 0.865 bits per heavy atom. The number of Topliss-reactive ketones (excluding diaryl/α,β-unsaturated/α-hetero) is 1. The fourth-order valence-corrected chi connectivity index (χ4v) is 13.5. The number of hydrogen-bond donors (Lipinski definition) is 0. The lowest BCUT2D eigenvalue weighted by atomic mass is 9.69. The fourth-order valence-electron chi connectivity index (χ4n) is 7.71. The lowest BCUT2D eigenvalue weighted by Crippen LogP contribution is -2.72. The Hall–Kier alpha value is -4.29. The molecule has 2 aliphatic rings. The number of nitrogens with zero attached hydrogens (tertiary/aromatic N) is 1. The van der Waals surface area contributed by atoms with Crippen molar-refractivity contribution in [2.45, 2.75) is 70.8 Å². The monoisotopic (exact) mass is 731 g/mol. The molecular weight excluding hydrogens is 682 g/mol. The van der Waals surface area contributed by atoms with Gasteiger partial charge < -0.3 is 14.1 Å². The lowest BCUT2D eigenvalue weighted by molar-refractivity contribution is -0.159. The van der Waals surface area contributed by atoms with Crippen LogP contribution in [0.2, 0.25) is 18.1 Å². The van der Waals surface area contributed by atoms with Crippen LogP contribution in [0.1, 0.15) is 50.0 Å². The van der Waals surface area contributed by atoms with Crippen LogP contribution < -0.4 is 15.9 Å². The Balaban J connectivity index is 1.68. The molecule has 0 unspecified atom stereocenters. The third-order valence-electron chi connectivity index (χ3n) is 11.2. The van der Waals surface area contributed by atoms with Crippen LogP contribution >= 0.6 is 6.89 Å². The molecule has 270 valence electrons. The van der Waals surface area contributed by atoms with E-state index in [0.29, 0.717) is 18.4 Å². The summed E-state index contributed by atoms with van der Waals surface area (Å²) in [5, 5.41) is 2.61. The second-order valence-corrected chi connectivity index (χ2v) is 23.4. The average Bonchev–Trinajstić information content (AvgIpc) is 3.14. The third kappa shape index (κ3) is 6.59. The largest absolute Gasteiger partial charge is 0.457 e. The molecule has 4 aromatic carbocycles. The molecule has 0 bridgehead atoms. The third-order valence-corrected chi connectivity index (χ3v) is 20.1. The molecule has 0 saturated carbocycles. The van der Waals surface area contributed by atoms with Crippen LogP contribution in [0.3, 0.4) is 0 Å². The number of carbonyl (C=O) groups is 3. The van der Waals surface area contributed by atoms with E-state index >= 15 is 9.59 Å². The molecule has 0 spiro atoms. The smallest absolute Gasteiger partial charge is 0.356 e. The molecule has 1 aliphatic heterocycles. The van der Waals surface area contributed by atoms with Gasteiger partial charge in [0.2, 0.25) is 5.91 Å². The number of ketones is 1. The van der Waals surface area contributed by atoms with Crippen LogP contribution in [-0.2, 0) is 25.2 Å². The number of likely N-dealkylation sites (tertiary alicyclic amines) is 1. The number of ether oxygens (including phenoxy) is 1. The van der Waals surface area contributed by atoms with Gasteiger partial charge in [0.25, 0.3) is 0 Å². The van der Waals surface area contributed by atoms with Crippen LogP contribution in [0.15, 0.2) is 128 Å². The predicted molar refractivity (Wildman–Crippen MR) is 216 cm³/mol. The first-order chi connectivity index (χ1) is 24.8. The first-order valence-corrected chi connectivity index (χ1v) is 22.9. The van der Waals surface area contributed by atoms with Crippen molar-refractivity contribution < 1.29 is 23.5 Å². The molecule has 0 N–H and O–H groups in total. The highest BCUT2D eigenvalue weighted by atomic mass is 31.2. The summed E-state index contributed by atoms with van der Waals surface area (Å²) in [7, 11) is -2.34. The van der Waals surface area contributed by atoms with Crippen molar-refractivity contribution in [3.63, 3.8) is 0 Å². The molecule has 4 atom stereocenters. The zero-order chi connectivity index (χ0) is 37.3. The summed E-state index contributed by atoms with van der Waals surface area (Å²) in [5.74, 6) is -2.01. The van der Waals surface area contributed by atoms with Crippen molar-refractivity contribution in [3.8, 4) is 0 Å². The molecule has 0 radical (unpaired) electrons. The second-order valence-electron chi connectivity index (χ2n) is 15.4. The molecule has 6 nitrogen and oxygen atoms in total. The Morgan fingerprint density at radius 3 is 1.87 bits per heavy atom. The highest BCUT2D eigenvalue weighted by Crippen LogP contribution is 2.52. The Kier molecular flexibility index (Phi) is 10.8. The molecule has 1 aliphatic carbocycles. The highest BCUT2D eigenvalue weighted by Gasteiger charge is 2.60. The van der Waals surface area contributed by atoms with Crippen molar-refractivity contribution in [2.75, 3.05) is 6.61 Å². The minimum Gasteiger partial charge on any atom is -0.457 e. The van der Waals surface area contributed by atoms with Crippen LogP contribution in [0, 0.1) is 11.8 Å². The standard InChI is InChI=1S/C44H50NO5PSi/c1-8-30-49-43(48)42(51(33-21-12-9-13-22-33,34-23-14-10-15-24-34)35-25-16-11-17-26-35)45-39(37-29-28-32-20-18-19-27-36(32)40(37)46)38(41(45)47)31(2)50-52(6,7)44(3,4)5/h8-27,31,37-39H,1,28-30H2,2-7H3/t31-,37-,38-,39-/m1/s1. The van der Waals surface area contributed by atoms with Crippen molar-refractivity contribution in [3.05, 3.63) is 139 Å². The van der Waals surface area contributed by atoms with Crippen molar-refractivity contribution in [1.82, 2.24) is 4.90 Å². The molecular formula is C44H50NO5PSi. The maximum absolute atomic E-state index is 15.2. The summed E-state index contributed by atoms with van der Waals surface area (Å²) >= 11 is 0. The Morgan fingerprint density at radius 2 is 1.37 bits per heavy atom. The highest BCUT2D eigenvalue weighted by molar-refractivity contribution is 7.96. The molecule has 52 heavy (non-hydrogen) atoms. The fraction of sp³-hybridized carbons (Fsp3) is 0.318. The van der Waals surface area contributed by atoms with E-state index in [9.17, 15) is 4.79 Å². The van der Waals surface area contributed by atoms with Gasteiger partial charge in [-0.3, -0.25) is 9.59 Å². The summed E-state index contributed by atoms with van der Waals surface area (Å²) in [6.45, 7) is 13.5. The number of carbonyl (C=O) groups excluding carboxylic acids is 3. The predicted octanol–water partition coefficient (Wildman–Crippen LogP) is 7.52. The number of β-lactam (4-membered cyclic amide) rings is 1. The van der Waals surface area contributed by atoms with Crippen molar-refractivity contribution in [2.24, 2.45) is 11.8 Å². The number of esters is 1. The number of hydrogen-bond acceptors (Lipinski definition) is 5. The van der Waals surface area contributed by atoms with Crippen LogP contribution in [0.4, 0.5) is 0 Å². The van der Waals surface area contributed by atoms with E-state index in [-0.39, 0.29) is 28.8 Å². The van der Waals surface area contributed by atoms with E-state index in [2.05, 4.69) is 40.4 Å². The number of rotatable bonds is 11. The van der Waals surface area contributed by atoms with Gasteiger partial charge in [-0.2, -0.15) is 0 Å². The van der Waals surface area contributed by atoms with E-state index < -0.39 is 45.2 Å². The molecule has 1 saturated heterocycles. The van der Waals surface area contributed by atoms with Gasteiger partial charge >= 0.3 is 5.97 Å². The van der Waals surface area contributed by atoms with Gasteiger partial charge in [-0.1, -0.05) is 149 Å². The molecule has 1 fully saturated rings. The quantitative estimate of drug-likeness (QED) is 0.0525.